The van der Waals surface area contributed by atoms with E-state index in [1.165, 1.54) is 64.2 Å². The van der Waals surface area contributed by atoms with Crippen LogP contribution in [0.15, 0.2) is 24.3 Å². The molecule has 2 fully saturated rings. The predicted molar refractivity (Wildman–Crippen MR) is 123 cm³/mol. The molecule has 2 aliphatic carbocycles. The molecule has 3 nitrogen and oxygen atoms in total. The second-order valence-electron chi connectivity index (χ2n) is 9.65. The Morgan fingerprint density at radius 1 is 0.833 bits per heavy atom. The highest BCUT2D eigenvalue weighted by molar-refractivity contribution is 5.75. The summed E-state index contributed by atoms with van der Waals surface area (Å²) in [6.07, 6.45) is 16.7. The molecule has 0 radical (unpaired) electrons. The van der Waals surface area contributed by atoms with E-state index in [0.29, 0.717) is 12.4 Å². The van der Waals surface area contributed by atoms with Crippen LogP contribution in [0.5, 0.6) is 11.5 Å². The van der Waals surface area contributed by atoms with Gasteiger partial charge < -0.3 is 9.47 Å². The third kappa shape index (κ3) is 7.03. The van der Waals surface area contributed by atoms with Crippen LogP contribution in [0.25, 0.3) is 0 Å². The summed E-state index contributed by atoms with van der Waals surface area (Å²) in [5.41, 5.74) is 0. The lowest BCUT2D eigenvalue weighted by Gasteiger charge is -2.41. The molecule has 3 rings (SSSR count). The Morgan fingerprint density at radius 2 is 1.53 bits per heavy atom. The zero-order valence-electron chi connectivity index (χ0n) is 19.2. The fourth-order valence-electron chi connectivity index (χ4n) is 5.52. The van der Waals surface area contributed by atoms with Gasteiger partial charge in [0.05, 0.1) is 12.5 Å². The van der Waals surface area contributed by atoms with Gasteiger partial charge in [0.15, 0.2) is 0 Å². The summed E-state index contributed by atoms with van der Waals surface area (Å²) in [7, 11) is 0. The highest BCUT2D eigenvalue weighted by Crippen LogP contribution is 2.46. The lowest BCUT2D eigenvalue weighted by molar-refractivity contribution is -0.141. The third-order valence-corrected chi connectivity index (χ3v) is 7.29. The molecule has 30 heavy (non-hydrogen) atoms. The van der Waals surface area contributed by atoms with Gasteiger partial charge in [-0.15, -0.1) is 0 Å². The first-order valence-electron chi connectivity index (χ1n) is 12.6. The molecule has 0 heterocycles. The highest BCUT2D eigenvalue weighted by Gasteiger charge is 2.38. The van der Waals surface area contributed by atoms with E-state index in [9.17, 15) is 4.79 Å². The minimum absolute atomic E-state index is 0.0336. The lowest BCUT2D eigenvalue weighted by Crippen LogP contribution is -2.35. The van der Waals surface area contributed by atoms with Gasteiger partial charge in [-0.05, 0) is 80.5 Å². The van der Waals surface area contributed by atoms with Gasteiger partial charge in [0.1, 0.15) is 11.5 Å². The van der Waals surface area contributed by atoms with Gasteiger partial charge in [-0.25, -0.2) is 0 Å². The number of hydrogen-bond acceptors (Lipinski definition) is 3. The average molecular weight is 415 g/mol. The van der Waals surface area contributed by atoms with Crippen molar-refractivity contribution < 1.29 is 14.3 Å². The zero-order valence-corrected chi connectivity index (χ0v) is 19.2. The Bertz CT molecular complexity index is 624. The number of unbranched alkanes of at least 4 members (excludes halogenated alkanes) is 4. The molecular weight excluding hydrogens is 372 g/mol. The molecule has 0 spiro atoms. The second-order valence-corrected chi connectivity index (χ2v) is 9.65. The second kappa shape index (κ2) is 12.4. The van der Waals surface area contributed by atoms with Crippen LogP contribution in [0, 0.1) is 23.7 Å². The van der Waals surface area contributed by atoms with E-state index >= 15 is 0 Å². The summed E-state index contributed by atoms with van der Waals surface area (Å²) in [6, 6.07) is 7.47. The van der Waals surface area contributed by atoms with E-state index in [4.69, 9.17) is 9.47 Å². The molecule has 168 valence electrons. The van der Waals surface area contributed by atoms with Crippen molar-refractivity contribution in [2.45, 2.75) is 97.3 Å². The maximum absolute atomic E-state index is 12.7. The van der Waals surface area contributed by atoms with Gasteiger partial charge >= 0.3 is 5.97 Å². The Labute approximate surface area is 183 Å². The van der Waals surface area contributed by atoms with Gasteiger partial charge in [-0.3, -0.25) is 4.79 Å². The van der Waals surface area contributed by atoms with E-state index in [1.54, 1.807) is 0 Å². The molecule has 2 unspecified atom stereocenters. The van der Waals surface area contributed by atoms with E-state index in [-0.39, 0.29) is 11.9 Å². The molecule has 2 saturated carbocycles. The molecule has 0 amide bonds. The van der Waals surface area contributed by atoms with Gasteiger partial charge in [-0.1, -0.05) is 58.8 Å². The van der Waals surface area contributed by atoms with Crippen LogP contribution < -0.4 is 9.47 Å². The SMILES string of the molecule is CCCCCCCC1CCC2C[C@H](C(=O)Oc3ccc(OCCC)cc3)CC[C@@H]2C1. The molecule has 0 aromatic heterocycles. The molecule has 3 heteroatoms. The van der Waals surface area contributed by atoms with Crippen molar-refractivity contribution in [3.05, 3.63) is 24.3 Å². The van der Waals surface area contributed by atoms with E-state index in [2.05, 4.69) is 13.8 Å². The van der Waals surface area contributed by atoms with E-state index in [1.807, 2.05) is 24.3 Å². The number of esters is 1. The van der Waals surface area contributed by atoms with Gasteiger partial charge in [0.25, 0.3) is 0 Å². The van der Waals surface area contributed by atoms with Crippen LogP contribution in [0.3, 0.4) is 0 Å². The van der Waals surface area contributed by atoms with Gasteiger partial charge in [0.2, 0.25) is 0 Å². The van der Waals surface area contributed by atoms with Crippen molar-refractivity contribution in [3.8, 4) is 11.5 Å². The largest absolute Gasteiger partial charge is 0.494 e. The predicted octanol–water partition coefficient (Wildman–Crippen LogP) is 7.57. The van der Waals surface area contributed by atoms with Crippen molar-refractivity contribution in [1.29, 1.82) is 0 Å². The normalized spacial score (nSPS) is 26.1. The van der Waals surface area contributed by atoms with Crippen LogP contribution in [0.2, 0.25) is 0 Å². The number of rotatable bonds is 11. The number of ether oxygens (including phenoxy) is 2. The van der Waals surface area contributed by atoms with Crippen LogP contribution in [0.1, 0.15) is 97.3 Å². The Kier molecular flexibility index (Phi) is 9.55. The number of carbonyl (C=O) groups excluding carboxylic acids is 1. The first-order chi connectivity index (χ1) is 14.7. The molecular formula is C27H42O3. The van der Waals surface area contributed by atoms with Crippen molar-refractivity contribution in [3.63, 3.8) is 0 Å². The highest BCUT2D eigenvalue weighted by atomic mass is 16.5. The first-order valence-corrected chi connectivity index (χ1v) is 12.6. The summed E-state index contributed by atoms with van der Waals surface area (Å²) in [4.78, 5) is 12.7. The quantitative estimate of drug-likeness (QED) is 0.213. The molecule has 1 aromatic carbocycles. The zero-order chi connectivity index (χ0) is 21.2. The van der Waals surface area contributed by atoms with Crippen LogP contribution in [0.4, 0.5) is 0 Å². The Morgan fingerprint density at radius 3 is 2.30 bits per heavy atom. The summed E-state index contributed by atoms with van der Waals surface area (Å²) in [6.45, 7) is 5.09. The van der Waals surface area contributed by atoms with Gasteiger partial charge in [0, 0.05) is 0 Å². The minimum atomic E-state index is -0.0336. The molecule has 0 aliphatic heterocycles. The molecule has 4 atom stereocenters. The van der Waals surface area contributed by atoms with Crippen LogP contribution in [-0.2, 0) is 4.79 Å². The number of benzene rings is 1. The van der Waals surface area contributed by atoms with Crippen LogP contribution in [-0.4, -0.2) is 12.6 Å². The van der Waals surface area contributed by atoms with E-state index < -0.39 is 0 Å². The monoisotopic (exact) mass is 414 g/mol. The molecule has 1 aromatic rings. The lowest BCUT2D eigenvalue weighted by atomic mass is 9.64. The topological polar surface area (TPSA) is 35.5 Å². The van der Waals surface area contributed by atoms with Crippen LogP contribution >= 0.6 is 0 Å². The Hall–Kier alpha value is -1.51. The maximum Gasteiger partial charge on any atom is 0.314 e. The van der Waals surface area contributed by atoms with Crippen molar-refractivity contribution in [2.24, 2.45) is 23.7 Å². The fraction of sp³-hybridized carbons (Fsp3) is 0.741. The third-order valence-electron chi connectivity index (χ3n) is 7.29. The average Bonchev–Trinajstić information content (AvgIpc) is 2.78. The summed E-state index contributed by atoms with van der Waals surface area (Å²) < 4.78 is 11.3. The summed E-state index contributed by atoms with van der Waals surface area (Å²) >= 11 is 0. The summed E-state index contributed by atoms with van der Waals surface area (Å²) in [5, 5.41) is 0. The maximum atomic E-state index is 12.7. The van der Waals surface area contributed by atoms with Gasteiger partial charge in [-0.2, -0.15) is 0 Å². The first kappa shape index (κ1) is 23.2. The molecule has 0 saturated heterocycles. The number of hydrogen-bond donors (Lipinski definition) is 0. The van der Waals surface area contributed by atoms with E-state index in [0.717, 1.165) is 42.8 Å². The fourth-order valence-corrected chi connectivity index (χ4v) is 5.52. The number of carbonyl (C=O) groups is 1. The van der Waals surface area contributed by atoms with Crippen molar-refractivity contribution in [2.75, 3.05) is 6.61 Å². The molecule has 0 bridgehead atoms. The van der Waals surface area contributed by atoms with Crippen molar-refractivity contribution in [1.82, 2.24) is 0 Å². The minimum Gasteiger partial charge on any atom is -0.494 e. The Balaban J connectivity index is 1.39. The molecule has 0 N–H and O–H groups in total. The smallest absolute Gasteiger partial charge is 0.314 e. The molecule has 2 aliphatic rings. The summed E-state index contributed by atoms with van der Waals surface area (Å²) in [5.74, 6) is 4.03. The van der Waals surface area contributed by atoms with Crippen molar-refractivity contribution >= 4 is 5.97 Å². The standard InChI is InChI=1S/C27H42O3/c1-3-5-6-7-8-9-21-10-11-23-20-24(13-12-22(23)19-21)27(28)30-26-16-14-25(15-17-26)29-18-4-2/h14-17,21-24H,3-13,18-20H2,1-2H3/t21?,22-,23?,24-/m1/s1. The number of fused-ring (bicyclic) bond motifs is 1.